The van der Waals surface area contributed by atoms with Crippen LogP contribution < -0.4 is 15.4 Å². The average Bonchev–Trinajstić information content (AvgIpc) is 3.40. The minimum atomic E-state index is 0.0554. The lowest BCUT2D eigenvalue weighted by Gasteiger charge is -2.19. The van der Waals surface area contributed by atoms with Crippen molar-refractivity contribution in [2.24, 2.45) is 11.8 Å². The van der Waals surface area contributed by atoms with Gasteiger partial charge in [-0.2, -0.15) is 5.10 Å². The second kappa shape index (κ2) is 8.28. The Morgan fingerprint density at radius 2 is 2.16 bits per heavy atom. The predicted octanol–water partition coefficient (Wildman–Crippen LogP) is 2.67. The minimum Gasteiger partial charge on any atom is -0.491 e. The molecule has 5 rings (SSSR count). The van der Waals surface area contributed by atoms with Crippen LogP contribution in [0.3, 0.4) is 0 Å². The van der Waals surface area contributed by atoms with Crippen LogP contribution in [-0.2, 0) is 9.53 Å². The predicted molar refractivity (Wildman–Crippen MR) is 117 cm³/mol. The van der Waals surface area contributed by atoms with E-state index in [4.69, 9.17) is 9.47 Å². The lowest BCUT2D eigenvalue weighted by atomic mass is 10.1. The van der Waals surface area contributed by atoms with Gasteiger partial charge in [0.15, 0.2) is 5.82 Å². The van der Waals surface area contributed by atoms with E-state index in [1.54, 1.807) is 17.8 Å². The molecule has 0 spiro atoms. The number of hydrogen-bond donors (Lipinski definition) is 2. The van der Waals surface area contributed by atoms with Crippen molar-refractivity contribution in [2.75, 3.05) is 32.1 Å². The van der Waals surface area contributed by atoms with Gasteiger partial charge in [0.1, 0.15) is 5.75 Å². The Kier molecular flexibility index (Phi) is 5.33. The Labute approximate surface area is 181 Å². The number of rotatable bonds is 7. The number of pyridine rings is 2. The summed E-state index contributed by atoms with van der Waals surface area (Å²) in [5.74, 6) is 1.83. The summed E-state index contributed by atoms with van der Waals surface area (Å²) in [7, 11) is 1.74. The first-order valence-corrected chi connectivity index (χ1v) is 10.7. The van der Waals surface area contributed by atoms with E-state index < -0.39 is 0 Å². The molecular formula is C23H27N5O3. The zero-order chi connectivity index (χ0) is 21.4. The van der Waals surface area contributed by atoms with Crippen LogP contribution in [0.1, 0.15) is 18.5 Å². The van der Waals surface area contributed by atoms with E-state index in [-0.39, 0.29) is 17.9 Å². The lowest BCUT2D eigenvalue weighted by Crippen LogP contribution is -2.26. The summed E-state index contributed by atoms with van der Waals surface area (Å²) in [4.78, 5) is 16.5. The van der Waals surface area contributed by atoms with Crippen LogP contribution in [0, 0.1) is 18.8 Å². The van der Waals surface area contributed by atoms with Crippen LogP contribution in [0.5, 0.6) is 5.75 Å². The summed E-state index contributed by atoms with van der Waals surface area (Å²) in [6, 6.07) is 7.99. The maximum Gasteiger partial charge on any atom is 0.228 e. The topological polar surface area (TPSA) is 89.8 Å². The van der Waals surface area contributed by atoms with E-state index >= 15 is 0 Å². The fourth-order valence-corrected chi connectivity index (χ4v) is 4.03. The molecule has 8 heteroatoms. The molecule has 3 aromatic heterocycles. The lowest BCUT2D eigenvalue weighted by molar-refractivity contribution is -0.117. The molecule has 3 aromatic rings. The number of hydrogen-bond acceptors (Lipinski definition) is 6. The Bertz CT molecular complexity index is 1110. The smallest absolute Gasteiger partial charge is 0.228 e. The number of amides is 1. The van der Waals surface area contributed by atoms with Gasteiger partial charge < -0.3 is 20.1 Å². The number of aryl methyl sites for hydroxylation is 1. The van der Waals surface area contributed by atoms with Crippen molar-refractivity contribution in [3.8, 4) is 16.9 Å². The molecule has 1 amide bonds. The molecule has 0 aromatic carbocycles. The molecule has 1 saturated carbocycles. The maximum atomic E-state index is 12.1. The Hall–Kier alpha value is -2.97. The third-order valence-electron chi connectivity index (χ3n) is 6.01. The minimum absolute atomic E-state index is 0.0554. The SMILES string of the molecule is CO[C@H]1CNC[C@@H]1COc1cnc(C)cc1-c1ccn2nc(NC(=O)C3CC3)cc2c1. The Morgan fingerprint density at radius 1 is 1.29 bits per heavy atom. The molecule has 2 fully saturated rings. The summed E-state index contributed by atoms with van der Waals surface area (Å²) >= 11 is 0. The molecule has 2 aliphatic rings. The molecular weight excluding hydrogens is 394 g/mol. The van der Waals surface area contributed by atoms with E-state index in [2.05, 4.69) is 26.8 Å². The number of methoxy groups -OCH3 is 1. The zero-order valence-electron chi connectivity index (χ0n) is 17.8. The van der Waals surface area contributed by atoms with Crippen LogP contribution in [-0.4, -0.2) is 53.4 Å². The third kappa shape index (κ3) is 4.26. The van der Waals surface area contributed by atoms with Gasteiger partial charge in [0.2, 0.25) is 5.91 Å². The summed E-state index contributed by atoms with van der Waals surface area (Å²) in [6.45, 7) is 4.26. The number of ether oxygens (including phenoxy) is 2. The van der Waals surface area contributed by atoms with Crippen LogP contribution in [0.2, 0.25) is 0 Å². The van der Waals surface area contributed by atoms with Crippen molar-refractivity contribution in [1.82, 2.24) is 19.9 Å². The van der Waals surface area contributed by atoms with E-state index in [0.717, 1.165) is 54.0 Å². The highest BCUT2D eigenvalue weighted by atomic mass is 16.5. The standard InChI is InChI=1S/C23H27N5O3/c1-14-7-19(21(12-25-14)31-13-17-10-24-11-20(17)30-2)16-5-6-28-18(8-16)9-22(27-28)26-23(29)15-3-4-15/h5-9,12,15,17,20,24H,3-4,10-11,13H2,1-2H3,(H,26,27,29)/t17-,20+/m1/s1. The van der Waals surface area contributed by atoms with Crippen molar-refractivity contribution in [2.45, 2.75) is 25.9 Å². The Balaban J connectivity index is 1.39. The number of carbonyl (C=O) groups is 1. The van der Waals surface area contributed by atoms with E-state index in [1.807, 2.05) is 31.3 Å². The quantitative estimate of drug-likeness (QED) is 0.610. The van der Waals surface area contributed by atoms with Gasteiger partial charge in [-0.15, -0.1) is 0 Å². The van der Waals surface area contributed by atoms with Gasteiger partial charge in [-0.3, -0.25) is 9.78 Å². The van der Waals surface area contributed by atoms with Gasteiger partial charge >= 0.3 is 0 Å². The van der Waals surface area contributed by atoms with Gasteiger partial charge in [0, 0.05) is 55.6 Å². The van der Waals surface area contributed by atoms with Crippen LogP contribution in [0.15, 0.2) is 36.7 Å². The molecule has 0 radical (unpaired) electrons. The van der Waals surface area contributed by atoms with Crippen LogP contribution in [0.4, 0.5) is 5.82 Å². The van der Waals surface area contributed by atoms with Gasteiger partial charge in [-0.05, 0) is 43.5 Å². The molecule has 1 aliphatic heterocycles. The number of carbonyl (C=O) groups excluding carboxylic acids is 1. The van der Waals surface area contributed by atoms with Crippen LogP contribution in [0.25, 0.3) is 16.6 Å². The first-order chi connectivity index (χ1) is 15.1. The molecule has 0 unspecified atom stereocenters. The molecule has 1 saturated heterocycles. The van der Waals surface area contributed by atoms with E-state index in [9.17, 15) is 4.79 Å². The zero-order valence-corrected chi connectivity index (χ0v) is 17.8. The van der Waals surface area contributed by atoms with Crippen molar-refractivity contribution >= 4 is 17.2 Å². The second-order valence-corrected chi connectivity index (χ2v) is 8.40. The van der Waals surface area contributed by atoms with E-state index in [0.29, 0.717) is 18.3 Å². The van der Waals surface area contributed by atoms with Gasteiger partial charge in [-0.1, -0.05) is 0 Å². The third-order valence-corrected chi connectivity index (χ3v) is 6.01. The number of anilines is 1. The molecule has 1 aliphatic carbocycles. The molecule has 2 atom stereocenters. The summed E-state index contributed by atoms with van der Waals surface area (Å²) < 4.78 is 13.5. The summed E-state index contributed by atoms with van der Waals surface area (Å²) in [5.41, 5.74) is 3.83. The van der Waals surface area contributed by atoms with Crippen molar-refractivity contribution in [1.29, 1.82) is 0 Å². The van der Waals surface area contributed by atoms with Crippen LogP contribution >= 0.6 is 0 Å². The number of fused-ring (bicyclic) bond motifs is 1. The fourth-order valence-electron chi connectivity index (χ4n) is 4.03. The highest BCUT2D eigenvalue weighted by Gasteiger charge is 2.30. The first kappa shape index (κ1) is 20.0. The number of nitrogens with zero attached hydrogens (tertiary/aromatic N) is 3. The maximum absolute atomic E-state index is 12.1. The Morgan fingerprint density at radius 3 is 2.97 bits per heavy atom. The highest BCUT2D eigenvalue weighted by Crippen LogP contribution is 2.33. The summed E-state index contributed by atoms with van der Waals surface area (Å²) in [5, 5.41) is 10.7. The van der Waals surface area contributed by atoms with Gasteiger partial charge in [-0.25, -0.2) is 4.52 Å². The molecule has 31 heavy (non-hydrogen) atoms. The normalized spacial score (nSPS) is 20.8. The van der Waals surface area contributed by atoms with Gasteiger partial charge in [0.05, 0.1) is 24.4 Å². The van der Waals surface area contributed by atoms with Crippen molar-refractivity contribution in [3.05, 3.63) is 42.4 Å². The highest BCUT2D eigenvalue weighted by molar-refractivity contribution is 5.93. The van der Waals surface area contributed by atoms with Gasteiger partial charge in [0.25, 0.3) is 0 Å². The van der Waals surface area contributed by atoms with E-state index in [1.165, 1.54) is 0 Å². The number of nitrogens with one attached hydrogen (secondary N) is 2. The largest absolute Gasteiger partial charge is 0.491 e. The molecule has 2 N–H and O–H groups in total. The van der Waals surface area contributed by atoms with Crippen molar-refractivity contribution < 1.29 is 14.3 Å². The molecule has 162 valence electrons. The molecule has 4 heterocycles. The first-order valence-electron chi connectivity index (χ1n) is 10.7. The molecule has 0 bridgehead atoms. The average molecular weight is 422 g/mol. The monoisotopic (exact) mass is 421 g/mol. The number of aromatic nitrogens is 3. The second-order valence-electron chi connectivity index (χ2n) is 8.40. The fraction of sp³-hybridized carbons (Fsp3) is 0.435. The van der Waals surface area contributed by atoms with Crippen molar-refractivity contribution in [3.63, 3.8) is 0 Å². The molecule has 8 nitrogen and oxygen atoms in total. The summed E-state index contributed by atoms with van der Waals surface area (Å²) in [6.07, 6.45) is 5.79.